The Morgan fingerprint density at radius 2 is 1.40 bits per heavy atom. The van der Waals surface area contributed by atoms with Crippen molar-refractivity contribution in [3.05, 3.63) is 172 Å². The van der Waals surface area contributed by atoms with Crippen LogP contribution in [0, 0.1) is 5.92 Å². The maximum Gasteiger partial charge on any atom is 0.141 e. The summed E-state index contributed by atoms with van der Waals surface area (Å²) in [6, 6.07) is 37.7. The number of hydrogen-bond acceptors (Lipinski definition) is 1. The summed E-state index contributed by atoms with van der Waals surface area (Å²) in [6.07, 6.45) is 25.9. The van der Waals surface area contributed by atoms with Gasteiger partial charge in [-0.15, -0.1) is 0 Å². The molecule has 6 aromatic rings. The summed E-state index contributed by atoms with van der Waals surface area (Å²) in [7, 11) is 0. The van der Waals surface area contributed by atoms with Crippen molar-refractivity contribution < 1.29 is 0 Å². The highest BCUT2D eigenvalue weighted by molar-refractivity contribution is 6.05. The zero-order valence-corrected chi connectivity index (χ0v) is 29.7. The molecule has 252 valence electrons. The molecule has 0 saturated heterocycles. The summed E-state index contributed by atoms with van der Waals surface area (Å²) in [4.78, 5) is 5.11. The normalized spacial score (nSPS) is 19.5. The Balaban J connectivity index is 1.11. The predicted octanol–water partition coefficient (Wildman–Crippen LogP) is 11.5. The molecule has 0 amide bonds. The topological polar surface area (TPSA) is 17.8 Å². The van der Waals surface area contributed by atoms with Gasteiger partial charge in [0.15, 0.2) is 0 Å². The monoisotopic (exact) mass is 670 g/mol. The van der Waals surface area contributed by atoms with Gasteiger partial charge in [0.05, 0.1) is 17.1 Å². The maximum atomic E-state index is 5.11. The Hall–Kier alpha value is -5.73. The molecule has 1 heterocycles. The molecule has 0 N–H and O–H groups in total. The number of benzene rings is 5. The molecule has 4 aliphatic carbocycles. The van der Waals surface area contributed by atoms with Crippen molar-refractivity contribution in [2.24, 2.45) is 5.92 Å². The first-order valence-electron chi connectivity index (χ1n) is 19.1. The Labute approximate surface area is 305 Å². The smallest absolute Gasteiger partial charge is 0.141 e. The average Bonchev–Trinajstić information content (AvgIpc) is 3.60. The molecule has 2 atom stereocenters. The van der Waals surface area contributed by atoms with Crippen molar-refractivity contribution in [1.29, 1.82) is 0 Å². The van der Waals surface area contributed by atoms with Gasteiger partial charge in [0, 0.05) is 5.56 Å². The van der Waals surface area contributed by atoms with Crippen LogP contribution < -0.4 is 10.4 Å². The van der Waals surface area contributed by atoms with Gasteiger partial charge in [-0.05, 0) is 123 Å². The van der Waals surface area contributed by atoms with Crippen molar-refractivity contribution in [3.8, 4) is 22.5 Å². The number of fused-ring (bicyclic) bond motifs is 3. The molecule has 0 aliphatic heterocycles. The van der Waals surface area contributed by atoms with E-state index in [1.165, 1.54) is 65.7 Å². The number of imidazole rings is 1. The molecule has 0 radical (unpaired) electrons. The van der Waals surface area contributed by atoms with Crippen LogP contribution >= 0.6 is 0 Å². The lowest BCUT2D eigenvalue weighted by Gasteiger charge is -2.27. The minimum atomic E-state index is 0.185. The maximum absolute atomic E-state index is 5.11. The quantitative estimate of drug-likeness (QED) is 0.178. The standard InChI is InChI=1S/C50H42N2/c1-33-13-12-18-38-31-39(26-29-41(33)38)49-43-20-9-8-19-42(43)48(35-14-4-2-5-15-35)45-32-37(25-30-44(45)49)34-23-27-40(28-24-34)52-47-22-11-10-21-46(47)51-50(52)36-16-6-3-7-17-36/h2-7,10-12,14-25,27,30-33,40H,8-9,13,26,28-29H2,1H3. The molecule has 10 rings (SSSR count). The molecule has 52 heavy (non-hydrogen) atoms. The first kappa shape index (κ1) is 31.0. The second kappa shape index (κ2) is 12.8. The number of allylic oxidation sites excluding steroid dienone is 10. The van der Waals surface area contributed by atoms with E-state index < -0.39 is 0 Å². The second-order valence-corrected chi connectivity index (χ2v) is 14.9. The highest BCUT2D eigenvalue weighted by atomic mass is 15.1. The third kappa shape index (κ3) is 5.20. The summed E-state index contributed by atoms with van der Waals surface area (Å²) >= 11 is 0. The lowest BCUT2D eigenvalue weighted by molar-refractivity contribution is 0.632. The Morgan fingerprint density at radius 1 is 0.654 bits per heavy atom. The minimum Gasteiger partial charge on any atom is -0.317 e. The van der Waals surface area contributed by atoms with E-state index in [0.29, 0.717) is 5.92 Å². The van der Waals surface area contributed by atoms with E-state index in [2.05, 4.69) is 163 Å². The molecule has 0 fully saturated rings. The number of para-hydroxylation sites is 2. The van der Waals surface area contributed by atoms with Gasteiger partial charge in [-0.3, -0.25) is 0 Å². The van der Waals surface area contributed by atoms with Crippen LogP contribution in [-0.2, 0) is 0 Å². The second-order valence-electron chi connectivity index (χ2n) is 14.9. The summed E-state index contributed by atoms with van der Waals surface area (Å²) in [5, 5.41) is 5.54. The van der Waals surface area contributed by atoms with E-state index in [1.54, 1.807) is 5.57 Å². The molecular weight excluding hydrogens is 629 g/mol. The van der Waals surface area contributed by atoms with Gasteiger partial charge >= 0.3 is 0 Å². The van der Waals surface area contributed by atoms with Crippen LogP contribution in [0.15, 0.2) is 151 Å². The Bertz CT molecular complexity index is 2680. The Morgan fingerprint density at radius 3 is 2.19 bits per heavy atom. The minimum absolute atomic E-state index is 0.185. The van der Waals surface area contributed by atoms with E-state index in [9.17, 15) is 0 Å². The van der Waals surface area contributed by atoms with Crippen molar-refractivity contribution in [1.82, 2.24) is 9.55 Å². The van der Waals surface area contributed by atoms with Gasteiger partial charge in [-0.25, -0.2) is 4.98 Å². The van der Waals surface area contributed by atoms with Crippen LogP contribution in [0.2, 0.25) is 0 Å². The number of nitrogens with zero attached hydrogens (tertiary/aromatic N) is 2. The first-order valence-corrected chi connectivity index (χ1v) is 19.1. The molecule has 0 saturated carbocycles. The summed E-state index contributed by atoms with van der Waals surface area (Å²) in [6.45, 7) is 2.39. The zero-order chi connectivity index (χ0) is 34.6. The molecule has 2 heteroatoms. The molecule has 0 bridgehead atoms. The van der Waals surface area contributed by atoms with E-state index >= 15 is 0 Å². The third-order valence-corrected chi connectivity index (χ3v) is 11.8. The molecular formula is C50H42N2. The van der Waals surface area contributed by atoms with Crippen molar-refractivity contribution in [2.75, 3.05) is 0 Å². The summed E-state index contributed by atoms with van der Waals surface area (Å²) in [5.74, 6) is 1.66. The van der Waals surface area contributed by atoms with Crippen molar-refractivity contribution >= 4 is 45.1 Å². The fourth-order valence-electron chi connectivity index (χ4n) is 9.23. The Kier molecular flexibility index (Phi) is 7.64. The fraction of sp³-hybridized carbons (Fsp3) is 0.180. The SMILES string of the molecule is CC1CC=CC2=C1CCC(c1c3c(c(-c4ccccc4)c4cc(C5=CCC(n6c(-c7ccccc7)nc7ccccc76)C=C5)ccc14)=CCCC=3)=C2. The van der Waals surface area contributed by atoms with Gasteiger partial charge in [0.2, 0.25) is 0 Å². The molecule has 2 unspecified atom stereocenters. The van der Waals surface area contributed by atoms with Crippen LogP contribution in [0.3, 0.4) is 0 Å². The lowest BCUT2D eigenvalue weighted by Crippen LogP contribution is -2.33. The van der Waals surface area contributed by atoms with Crippen molar-refractivity contribution in [3.63, 3.8) is 0 Å². The van der Waals surface area contributed by atoms with Gasteiger partial charge in [0.25, 0.3) is 0 Å². The molecule has 5 aromatic carbocycles. The van der Waals surface area contributed by atoms with E-state index in [1.807, 2.05) is 0 Å². The molecule has 0 spiro atoms. The van der Waals surface area contributed by atoms with Crippen LogP contribution in [0.1, 0.15) is 62.6 Å². The molecule has 2 nitrogen and oxygen atoms in total. The lowest BCUT2D eigenvalue weighted by atomic mass is 9.77. The van der Waals surface area contributed by atoms with E-state index in [4.69, 9.17) is 4.98 Å². The van der Waals surface area contributed by atoms with Gasteiger partial charge in [-0.2, -0.15) is 0 Å². The third-order valence-electron chi connectivity index (χ3n) is 11.8. The van der Waals surface area contributed by atoms with E-state index in [0.717, 1.165) is 55.4 Å². The number of aromatic nitrogens is 2. The fourth-order valence-corrected chi connectivity index (χ4v) is 9.23. The van der Waals surface area contributed by atoms with E-state index in [-0.39, 0.29) is 6.04 Å². The van der Waals surface area contributed by atoms with Crippen LogP contribution in [0.5, 0.6) is 0 Å². The van der Waals surface area contributed by atoms with Crippen molar-refractivity contribution in [2.45, 2.75) is 51.5 Å². The number of rotatable bonds is 5. The largest absolute Gasteiger partial charge is 0.317 e. The molecule has 4 aliphatic rings. The number of hydrogen-bond donors (Lipinski definition) is 0. The predicted molar refractivity (Wildman–Crippen MR) is 220 cm³/mol. The van der Waals surface area contributed by atoms with Gasteiger partial charge < -0.3 is 4.57 Å². The molecule has 1 aromatic heterocycles. The van der Waals surface area contributed by atoms with Crippen LogP contribution in [-0.4, -0.2) is 9.55 Å². The highest BCUT2D eigenvalue weighted by Gasteiger charge is 2.25. The summed E-state index contributed by atoms with van der Waals surface area (Å²) < 4.78 is 2.42. The highest BCUT2D eigenvalue weighted by Crippen LogP contribution is 2.41. The van der Waals surface area contributed by atoms with Gasteiger partial charge in [0.1, 0.15) is 5.82 Å². The zero-order valence-electron chi connectivity index (χ0n) is 29.7. The summed E-state index contributed by atoms with van der Waals surface area (Å²) in [5.41, 5.74) is 14.6. The van der Waals surface area contributed by atoms with Gasteiger partial charge in [-0.1, -0.05) is 146 Å². The van der Waals surface area contributed by atoms with Crippen LogP contribution in [0.25, 0.3) is 67.6 Å². The first-order chi connectivity index (χ1) is 25.7. The van der Waals surface area contributed by atoms with Crippen LogP contribution in [0.4, 0.5) is 0 Å². The average molecular weight is 671 g/mol.